The van der Waals surface area contributed by atoms with Gasteiger partial charge in [-0.1, -0.05) is 41.5 Å². The average molecular weight is 383 g/mol. The highest BCUT2D eigenvalue weighted by Gasteiger charge is 2.35. The summed E-state index contributed by atoms with van der Waals surface area (Å²) in [6, 6.07) is -0.595. The van der Waals surface area contributed by atoms with Gasteiger partial charge in [0.25, 0.3) is 0 Å². The number of nitrogens with two attached hydrogens (primary N) is 1. The van der Waals surface area contributed by atoms with E-state index in [9.17, 15) is 14.4 Å². The zero-order valence-corrected chi connectivity index (χ0v) is 17.8. The van der Waals surface area contributed by atoms with Crippen LogP contribution in [0.4, 0.5) is 4.79 Å². The molecular formula is C21H38N2O4. The second-order valence-electron chi connectivity index (χ2n) is 9.73. The molecule has 0 radical (unpaired) electrons. The Kier molecular flexibility index (Phi) is 8.76. The lowest BCUT2D eigenvalue weighted by Gasteiger charge is -2.31. The molecular weight excluding hydrogens is 344 g/mol. The summed E-state index contributed by atoms with van der Waals surface area (Å²) < 4.78 is 5.19. The molecule has 6 nitrogen and oxygen atoms in total. The maximum Gasteiger partial charge on any atom is 0.407 e. The summed E-state index contributed by atoms with van der Waals surface area (Å²) in [5.41, 5.74) is 5.09. The molecule has 1 rings (SSSR count). The van der Waals surface area contributed by atoms with E-state index in [4.69, 9.17) is 10.5 Å². The first-order valence-electron chi connectivity index (χ1n) is 10.2. The fourth-order valence-electron chi connectivity index (χ4n) is 3.85. The van der Waals surface area contributed by atoms with E-state index in [1.54, 1.807) is 0 Å². The Morgan fingerprint density at radius 2 is 1.78 bits per heavy atom. The first-order chi connectivity index (χ1) is 12.4. The highest BCUT2D eigenvalue weighted by Crippen LogP contribution is 2.34. The van der Waals surface area contributed by atoms with Crippen LogP contribution in [0.1, 0.15) is 73.6 Å². The Labute approximate surface area is 164 Å². The lowest BCUT2D eigenvalue weighted by Crippen LogP contribution is -2.49. The number of hydrogen-bond donors (Lipinski definition) is 2. The zero-order valence-electron chi connectivity index (χ0n) is 17.8. The van der Waals surface area contributed by atoms with Gasteiger partial charge in [0.15, 0.2) is 5.78 Å². The van der Waals surface area contributed by atoms with Crippen LogP contribution in [0.15, 0.2) is 0 Å². The van der Waals surface area contributed by atoms with Crippen molar-refractivity contribution in [2.45, 2.75) is 79.7 Å². The topological polar surface area (TPSA) is 98.5 Å². The SMILES string of the molecule is CC(C)COC(=O)N[C@H](C(=O)CC1CC[C@H](C(N)=O)C[C@H](C)C1)C(C)(C)C. The summed E-state index contributed by atoms with van der Waals surface area (Å²) in [5.74, 6) is 0.512. The molecule has 4 atom stereocenters. The second kappa shape index (κ2) is 10.1. The van der Waals surface area contributed by atoms with Gasteiger partial charge in [-0.25, -0.2) is 4.79 Å². The lowest BCUT2D eigenvalue weighted by atomic mass is 9.80. The van der Waals surface area contributed by atoms with E-state index in [-0.39, 0.29) is 29.4 Å². The fraction of sp³-hybridized carbons (Fsp3) is 0.857. The summed E-state index contributed by atoms with van der Waals surface area (Å²) in [6.45, 7) is 12.2. The molecule has 2 amide bonds. The van der Waals surface area contributed by atoms with E-state index in [0.717, 1.165) is 25.7 Å². The van der Waals surface area contributed by atoms with Gasteiger partial charge >= 0.3 is 6.09 Å². The van der Waals surface area contributed by atoms with E-state index in [1.165, 1.54) is 0 Å². The molecule has 156 valence electrons. The summed E-state index contributed by atoms with van der Waals surface area (Å²) >= 11 is 0. The van der Waals surface area contributed by atoms with Crippen LogP contribution in [0.5, 0.6) is 0 Å². The predicted octanol–water partition coefficient (Wildman–Crippen LogP) is 3.67. The number of ether oxygens (including phenoxy) is 1. The van der Waals surface area contributed by atoms with Crippen LogP contribution in [0, 0.1) is 29.1 Å². The van der Waals surface area contributed by atoms with Gasteiger partial charge in [-0.15, -0.1) is 0 Å². The van der Waals surface area contributed by atoms with Crippen LogP contribution in [0.2, 0.25) is 0 Å². The van der Waals surface area contributed by atoms with Crippen molar-refractivity contribution in [2.24, 2.45) is 34.8 Å². The molecule has 1 unspecified atom stereocenters. The van der Waals surface area contributed by atoms with Crippen LogP contribution in [-0.4, -0.2) is 30.4 Å². The van der Waals surface area contributed by atoms with E-state index >= 15 is 0 Å². The number of hydrogen-bond acceptors (Lipinski definition) is 4. The van der Waals surface area contributed by atoms with Crippen molar-refractivity contribution in [3.05, 3.63) is 0 Å². The van der Waals surface area contributed by atoms with Crippen LogP contribution < -0.4 is 11.1 Å². The third kappa shape index (κ3) is 8.31. The summed E-state index contributed by atoms with van der Waals surface area (Å²) in [6.07, 6.45) is 3.12. The van der Waals surface area contributed by atoms with Crippen molar-refractivity contribution >= 4 is 17.8 Å². The molecule has 0 aromatic rings. The summed E-state index contributed by atoms with van der Waals surface area (Å²) in [7, 11) is 0. The normalized spacial score (nSPS) is 24.8. The maximum absolute atomic E-state index is 13.0. The maximum atomic E-state index is 13.0. The van der Waals surface area contributed by atoms with Crippen LogP contribution in [0.25, 0.3) is 0 Å². The highest BCUT2D eigenvalue weighted by atomic mass is 16.5. The molecule has 1 aliphatic rings. The predicted molar refractivity (Wildman–Crippen MR) is 106 cm³/mol. The fourth-order valence-corrected chi connectivity index (χ4v) is 3.85. The van der Waals surface area contributed by atoms with Gasteiger partial charge in [0.05, 0.1) is 12.6 Å². The number of amides is 2. The number of rotatable bonds is 7. The molecule has 0 saturated heterocycles. The van der Waals surface area contributed by atoms with Gasteiger partial charge in [-0.3, -0.25) is 9.59 Å². The average Bonchev–Trinajstić information content (AvgIpc) is 2.70. The van der Waals surface area contributed by atoms with Crippen LogP contribution >= 0.6 is 0 Å². The minimum atomic E-state index is -0.595. The molecule has 1 fully saturated rings. The van der Waals surface area contributed by atoms with Crippen molar-refractivity contribution in [1.82, 2.24) is 5.32 Å². The highest BCUT2D eigenvalue weighted by molar-refractivity contribution is 5.88. The van der Waals surface area contributed by atoms with Gasteiger partial charge < -0.3 is 15.8 Å². The Balaban J connectivity index is 2.73. The number of Topliss-reactive ketones (excluding diaryl/α,β-unsaturated/α-hetero) is 1. The first-order valence-corrected chi connectivity index (χ1v) is 10.2. The first kappa shape index (κ1) is 23.4. The quantitative estimate of drug-likeness (QED) is 0.656. The Morgan fingerprint density at radius 1 is 1.15 bits per heavy atom. The Hall–Kier alpha value is -1.59. The molecule has 0 aromatic carbocycles. The third-order valence-electron chi connectivity index (χ3n) is 5.24. The minimum Gasteiger partial charge on any atom is -0.449 e. The third-order valence-corrected chi connectivity index (χ3v) is 5.24. The summed E-state index contributed by atoms with van der Waals surface area (Å²) in [4.78, 5) is 36.6. The van der Waals surface area contributed by atoms with E-state index in [2.05, 4.69) is 12.2 Å². The van der Waals surface area contributed by atoms with E-state index in [1.807, 2.05) is 34.6 Å². The Morgan fingerprint density at radius 3 is 2.30 bits per heavy atom. The molecule has 0 aliphatic heterocycles. The summed E-state index contributed by atoms with van der Waals surface area (Å²) in [5, 5.41) is 2.77. The number of ketones is 1. The van der Waals surface area contributed by atoms with E-state index in [0.29, 0.717) is 18.9 Å². The molecule has 0 heterocycles. The number of carbonyl (C=O) groups is 3. The van der Waals surface area contributed by atoms with Gasteiger partial charge in [-0.05, 0) is 48.9 Å². The van der Waals surface area contributed by atoms with Crippen molar-refractivity contribution in [1.29, 1.82) is 0 Å². The monoisotopic (exact) mass is 382 g/mol. The molecule has 0 aromatic heterocycles. The van der Waals surface area contributed by atoms with Crippen LogP contribution in [-0.2, 0) is 14.3 Å². The van der Waals surface area contributed by atoms with Gasteiger partial charge in [0.1, 0.15) is 0 Å². The standard InChI is InChI=1S/C21H38N2O4/c1-13(2)12-27-20(26)23-18(21(4,5)6)17(24)11-15-7-8-16(19(22)25)10-14(3)9-15/h13-16,18H,7-12H2,1-6H3,(H2,22,25)(H,23,26)/t14-,15?,16+,18-/m1/s1. The molecule has 6 heteroatoms. The van der Waals surface area contributed by atoms with Gasteiger partial charge in [0, 0.05) is 12.3 Å². The molecule has 27 heavy (non-hydrogen) atoms. The minimum absolute atomic E-state index is 0.0266. The number of primary amides is 1. The molecule has 0 spiro atoms. The zero-order chi connectivity index (χ0) is 20.8. The molecule has 3 N–H and O–H groups in total. The Bertz CT molecular complexity index is 525. The lowest BCUT2D eigenvalue weighted by molar-refractivity contribution is -0.124. The number of alkyl carbamates (subject to hydrolysis) is 1. The number of carbonyl (C=O) groups excluding carboxylic acids is 3. The van der Waals surface area contributed by atoms with Crippen LogP contribution in [0.3, 0.4) is 0 Å². The van der Waals surface area contributed by atoms with Gasteiger partial charge in [-0.2, -0.15) is 0 Å². The van der Waals surface area contributed by atoms with Crippen molar-refractivity contribution < 1.29 is 19.1 Å². The van der Waals surface area contributed by atoms with E-state index < -0.39 is 17.6 Å². The number of nitrogens with one attached hydrogen (secondary N) is 1. The largest absolute Gasteiger partial charge is 0.449 e. The molecule has 1 saturated carbocycles. The van der Waals surface area contributed by atoms with Crippen molar-refractivity contribution in [2.75, 3.05) is 6.61 Å². The molecule has 1 aliphatic carbocycles. The van der Waals surface area contributed by atoms with Crippen molar-refractivity contribution in [3.63, 3.8) is 0 Å². The smallest absolute Gasteiger partial charge is 0.407 e. The second-order valence-corrected chi connectivity index (χ2v) is 9.73. The molecule has 0 bridgehead atoms. The van der Waals surface area contributed by atoms with Crippen molar-refractivity contribution in [3.8, 4) is 0 Å². The van der Waals surface area contributed by atoms with Gasteiger partial charge in [0.2, 0.25) is 5.91 Å².